The van der Waals surface area contributed by atoms with Crippen molar-refractivity contribution in [1.82, 2.24) is 10.6 Å². The molecule has 2 heterocycles. The summed E-state index contributed by atoms with van der Waals surface area (Å²) in [6, 6.07) is 12.2. The molecule has 4 rings (SSSR count). The number of ether oxygens (including phenoxy) is 5. The molecule has 42 heavy (non-hydrogen) atoms. The molecule has 2 atom stereocenters. The van der Waals surface area contributed by atoms with Crippen LogP contribution in [0, 0.1) is 0 Å². The molecule has 1 aromatic heterocycles. The van der Waals surface area contributed by atoms with E-state index in [2.05, 4.69) is 10.6 Å². The number of nitrogens with one attached hydrogen (secondary N) is 2. The minimum atomic E-state index is -1.17. The molecule has 1 saturated heterocycles. The minimum absolute atomic E-state index is 0.119. The van der Waals surface area contributed by atoms with E-state index in [-0.39, 0.29) is 19.2 Å². The maximum atomic E-state index is 14.0. The van der Waals surface area contributed by atoms with Gasteiger partial charge in [-0.25, -0.2) is 0 Å². The monoisotopic (exact) mass is 597 g/mol. The average Bonchev–Trinajstić information content (AvgIpc) is 3.75. The maximum Gasteiger partial charge on any atom is 0.261 e. The van der Waals surface area contributed by atoms with E-state index < -0.39 is 23.8 Å². The van der Waals surface area contributed by atoms with E-state index >= 15 is 0 Å². The predicted octanol–water partition coefficient (Wildman–Crippen LogP) is 3.58. The number of carbonyl (C=O) groups excluding carboxylic acids is 3. The Hall–Kier alpha value is -4.29. The van der Waals surface area contributed by atoms with E-state index in [9.17, 15) is 14.4 Å². The lowest BCUT2D eigenvalue weighted by molar-refractivity contribution is -0.126. The van der Waals surface area contributed by atoms with Gasteiger partial charge >= 0.3 is 0 Å². The van der Waals surface area contributed by atoms with Gasteiger partial charge in [-0.1, -0.05) is 12.1 Å². The summed E-state index contributed by atoms with van der Waals surface area (Å²) in [6.07, 6.45) is 1.62. The molecule has 0 saturated carbocycles. The third kappa shape index (κ3) is 7.31. The van der Waals surface area contributed by atoms with E-state index in [1.807, 2.05) is 0 Å². The molecule has 0 spiro atoms. The first-order valence-electron chi connectivity index (χ1n) is 13.4. The van der Waals surface area contributed by atoms with Crippen LogP contribution in [-0.4, -0.2) is 72.0 Å². The fraction of sp³-hybridized carbons (Fsp3) is 0.367. The van der Waals surface area contributed by atoms with Crippen LogP contribution in [-0.2, 0) is 14.3 Å². The number of rotatable bonds is 13. The first-order chi connectivity index (χ1) is 20.4. The number of nitrogens with zero attached hydrogens (tertiary/aromatic N) is 1. The quantitative estimate of drug-likeness (QED) is 0.307. The summed E-state index contributed by atoms with van der Waals surface area (Å²) < 4.78 is 27.5. The van der Waals surface area contributed by atoms with Gasteiger partial charge in [0.1, 0.15) is 17.5 Å². The van der Waals surface area contributed by atoms with Crippen molar-refractivity contribution in [1.29, 1.82) is 0 Å². The van der Waals surface area contributed by atoms with Gasteiger partial charge in [-0.05, 0) is 42.0 Å². The highest BCUT2D eigenvalue weighted by atomic mass is 32.1. The lowest BCUT2D eigenvalue weighted by Crippen LogP contribution is -2.48. The van der Waals surface area contributed by atoms with Gasteiger partial charge in [0, 0.05) is 31.4 Å². The summed E-state index contributed by atoms with van der Waals surface area (Å²) in [5.41, 5.74) is 0.783. The number of hydrogen-bond acceptors (Lipinski definition) is 9. The lowest BCUT2D eigenvalue weighted by Gasteiger charge is -2.32. The third-order valence-electron chi connectivity index (χ3n) is 6.79. The van der Waals surface area contributed by atoms with Crippen molar-refractivity contribution in [2.24, 2.45) is 0 Å². The van der Waals surface area contributed by atoms with Crippen molar-refractivity contribution in [2.75, 3.05) is 53.0 Å². The molecule has 1 aliphatic rings. The van der Waals surface area contributed by atoms with Gasteiger partial charge < -0.3 is 34.3 Å². The van der Waals surface area contributed by atoms with Crippen molar-refractivity contribution in [3.63, 3.8) is 0 Å². The molecule has 2 N–H and O–H groups in total. The van der Waals surface area contributed by atoms with Crippen LogP contribution >= 0.6 is 11.3 Å². The van der Waals surface area contributed by atoms with Crippen molar-refractivity contribution in [2.45, 2.75) is 25.0 Å². The van der Waals surface area contributed by atoms with Gasteiger partial charge in [0.15, 0.2) is 11.5 Å². The van der Waals surface area contributed by atoms with Crippen LogP contribution in [0.25, 0.3) is 0 Å². The van der Waals surface area contributed by atoms with Crippen molar-refractivity contribution in [3.05, 3.63) is 64.4 Å². The fourth-order valence-corrected chi connectivity index (χ4v) is 5.30. The van der Waals surface area contributed by atoms with Gasteiger partial charge in [-0.2, -0.15) is 0 Å². The molecular weight excluding hydrogens is 562 g/mol. The topological polar surface area (TPSA) is 125 Å². The number of anilines is 1. The number of amides is 3. The van der Waals surface area contributed by atoms with Crippen LogP contribution < -0.4 is 34.5 Å². The molecule has 3 amide bonds. The first-order valence-corrected chi connectivity index (χ1v) is 14.2. The van der Waals surface area contributed by atoms with Gasteiger partial charge in [-0.3, -0.25) is 19.3 Å². The normalized spacial score (nSPS) is 14.9. The Labute approximate surface area is 248 Å². The van der Waals surface area contributed by atoms with Gasteiger partial charge in [0.25, 0.3) is 5.91 Å². The highest BCUT2D eigenvalue weighted by molar-refractivity contribution is 7.12. The van der Waals surface area contributed by atoms with Gasteiger partial charge in [-0.15, -0.1) is 11.3 Å². The highest BCUT2D eigenvalue weighted by Crippen LogP contribution is 2.37. The van der Waals surface area contributed by atoms with Crippen LogP contribution in [0.2, 0.25) is 0 Å². The van der Waals surface area contributed by atoms with Gasteiger partial charge in [0.05, 0.1) is 51.7 Å². The Morgan fingerprint density at radius 2 is 1.69 bits per heavy atom. The second kappa shape index (κ2) is 14.6. The zero-order chi connectivity index (χ0) is 30.1. The summed E-state index contributed by atoms with van der Waals surface area (Å²) >= 11 is 1.26. The average molecular weight is 598 g/mol. The lowest BCUT2D eigenvalue weighted by atomic mass is 10.0. The SMILES string of the molecule is COc1cc(OC)cc(N(C(=O)CNC(=O)c2cccs2)[C@H](C(=O)NC[C@H]2CCCO2)c2ccc(OC)c(OC)c2)c1. The molecule has 0 bridgehead atoms. The largest absolute Gasteiger partial charge is 0.497 e. The maximum absolute atomic E-state index is 14.0. The summed E-state index contributed by atoms with van der Waals surface area (Å²) in [7, 11) is 5.99. The number of hydrogen-bond donors (Lipinski definition) is 2. The van der Waals surface area contributed by atoms with E-state index in [0.29, 0.717) is 45.7 Å². The summed E-state index contributed by atoms with van der Waals surface area (Å²) in [5, 5.41) is 7.41. The Morgan fingerprint density at radius 1 is 0.952 bits per heavy atom. The number of benzene rings is 2. The molecule has 224 valence electrons. The van der Waals surface area contributed by atoms with Crippen molar-refractivity contribution < 1.29 is 38.1 Å². The molecule has 0 unspecified atom stereocenters. The van der Waals surface area contributed by atoms with E-state index in [1.54, 1.807) is 53.9 Å². The second-order valence-electron chi connectivity index (χ2n) is 9.39. The predicted molar refractivity (Wildman–Crippen MR) is 158 cm³/mol. The number of methoxy groups -OCH3 is 4. The third-order valence-corrected chi connectivity index (χ3v) is 7.65. The molecular formula is C30H35N3O8S. The smallest absolute Gasteiger partial charge is 0.261 e. The highest BCUT2D eigenvalue weighted by Gasteiger charge is 2.35. The van der Waals surface area contributed by atoms with Crippen LogP contribution in [0.3, 0.4) is 0 Å². The van der Waals surface area contributed by atoms with Crippen molar-refractivity contribution >= 4 is 34.7 Å². The van der Waals surface area contributed by atoms with Crippen LogP contribution in [0.4, 0.5) is 5.69 Å². The zero-order valence-corrected chi connectivity index (χ0v) is 24.8. The molecule has 2 aromatic carbocycles. The molecule has 12 heteroatoms. The van der Waals surface area contributed by atoms with Gasteiger partial charge in [0.2, 0.25) is 11.8 Å². The first kappa shape index (κ1) is 30.7. The molecule has 1 aliphatic heterocycles. The van der Waals surface area contributed by atoms with E-state index in [4.69, 9.17) is 23.7 Å². The Kier molecular flexibility index (Phi) is 10.6. The van der Waals surface area contributed by atoms with Crippen LogP contribution in [0.5, 0.6) is 23.0 Å². The zero-order valence-electron chi connectivity index (χ0n) is 24.0. The number of thiophene rings is 1. The van der Waals surface area contributed by atoms with Crippen LogP contribution in [0.15, 0.2) is 53.9 Å². The summed E-state index contributed by atoms with van der Waals surface area (Å²) in [4.78, 5) is 42.6. The molecule has 1 fully saturated rings. The Bertz CT molecular complexity index is 1350. The summed E-state index contributed by atoms with van der Waals surface area (Å²) in [5.74, 6) is 0.287. The fourth-order valence-electron chi connectivity index (χ4n) is 4.66. The standard InChI is InChI=1S/C30H35N3O8S/c1-37-22-14-20(15-23(16-22)38-2)33(27(34)18-32-29(35)26-8-6-12-42-26)28(30(36)31-17-21-7-5-11-41-21)19-9-10-24(39-3)25(13-19)40-4/h6,8-10,12-16,21,28H,5,7,11,17-18H2,1-4H3,(H,31,36)(H,32,35)/t21-,28+/m1/s1. The van der Waals surface area contributed by atoms with Crippen LogP contribution in [0.1, 0.15) is 34.1 Å². The molecule has 11 nitrogen and oxygen atoms in total. The van der Waals surface area contributed by atoms with E-state index in [1.165, 1.54) is 44.7 Å². The second-order valence-corrected chi connectivity index (χ2v) is 10.3. The van der Waals surface area contributed by atoms with Crippen molar-refractivity contribution in [3.8, 4) is 23.0 Å². The molecule has 0 radical (unpaired) electrons. The van der Waals surface area contributed by atoms with E-state index in [0.717, 1.165) is 12.8 Å². The molecule has 0 aliphatic carbocycles. The number of carbonyl (C=O) groups is 3. The Balaban J connectivity index is 1.78. The summed E-state index contributed by atoms with van der Waals surface area (Å²) in [6.45, 7) is 0.540. The minimum Gasteiger partial charge on any atom is -0.497 e. The Morgan fingerprint density at radius 3 is 2.29 bits per heavy atom. The molecule has 3 aromatic rings.